The van der Waals surface area contributed by atoms with E-state index in [2.05, 4.69) is 9.88 Å². The van der Waals surface area contributed by atoms with Crippen LogP contribution in [0.1, 0.15) is 35.7 Å². The summed E-state index contributed by atoms with van der Waals surface area (Å²) in [6.45, 7) is 1.22. The average molecular weight is 402 g/mol. The summed E-state index contributed by atoms with van der Waals surface area (Å²) in [6, 6.07) is 23.3. The molecule has 30 heavy (non-hydrogen) atoms. The number of nitrogens with zero attached hydrogens (tertiary/aromatic N) is 2. The van der Waals surface area contributed by atoms with Crippen LogP contribution in [0.3, 0.4) is 0 Å². The molecule has 1 fully saturated rings. The summed E-state index contributed by atoms with van der Waals surface area (Å²) in [5.41, 5.74) is 3.04. The van der Waals surface area contributed by atoms with E-state index in [9.17, 15) is 9.90 Å². The Hall–Kier alpha value is -3.18. The number of aliphatic carboxylic acids is 1. The number of rotatable bonds is 8. The molecule has 0 saturated carbocycles. The van der Waals surface area contributed by atoms with Crippen molar-refractivity contribution in [2.24, 2.45) is 0 Å². The Morgan fingerprint density at radius 2 is 1.83 bits per heavy atom. The van der Waals surface area contributed by atoms with Crippen LogP contribution in [0.4, 0.5) is 0 Å². The van der Waals surface area contributed by atoms with Gasteiger partial charge in [-0.05, 0) is 43.1 Å². The van der Waals surface area contributed by atoms with Gasteiger partial charge in [-0.2, -0.15) is 0 Å². The minimum Gasteiger partial charge on any atom is -0.489 e. The van der Waals surface area contributed by atoms with E-state index < -0.39 is 12.0 Å². The minimum atomic E-state index is -0.763. The van der Waals surface area contributed by atoms with Crippen molar-refractivity contribution >= 4 is 5.97 Å². The maximum atomic E-state index is 11.9. The molecule has 1 aromatic heterocycles. The SMILES string of the molecule is O=C(O)C1CCCN1C(Cc1ccccn1)c1ccccc1OCc1ccccc1. The summed E-state index contributed by atoms with van der Waals surface area (Å²) in [7, 11) is 0. The maximum absolute atomic E-state index is 11.9. The van der Waals surface area contributed by atoms with Gasteiger partial charge in [-0.1, -0.05) is 54.6 Å². The van der Waals surface area contributed by atoms with Gasteiger partial charge in [0.15, 0.2) is 0 Å². The zero-order chi connectivity index (χ0) is 20.8. The summed E-state index contributed by atoms with van der Waals surface area (Å²) in [4.78, 5) is 18.5. The molecular weight excluding hydrogens is 376 g/mol. The van der Waals surface area contributed by atoms with E-state index in [0.717, 1.165) is 35.5 Å². The number of hydrogen-bond donors (Lipinski definition) is 1. The van der Waals surface area contributed by atoms with Crippen molar-refractivity contribution in [3.05, 3.63) is 95.8 Å². The Morgan fingerprint density at radius 3 is 2.60 bits per heavy atom. The third-order valence-electron chi connectivity index (χ3n) is 5.62. The highest BCUT2D eigenvalue weighted by molar-refractivity contribution is 5.74. The molecule has 0 bridgehead atoms. The molecule has 4 rings (SSSR count). The zero-order valence-corrected chi connectivity index (χ0v) is 16.9. The summed E-state index contributed by atoms with van der Waals surface area (Å²) >= 11 is 0. The number of likely N-dealkylation sites (tertiary alicyclic amines) is 1. The lowest BCUT2D eigenvalue weighted by molar-refractivity contribution is -0.143. The molecule has 1 saturated heterocycles. The van der Waals surface area contributed by atoms with Crippen LogP contribution in [0.15, 0.2) is 79.0 Å². The molecule has 0 amide bonds. The van der Waals surface area contributed by atoms with E-state index in [1.807, 2.05) is 72.8 Å². The van der Waals surface area contributed by atoms with Crippen LogP contribution in [0.25, 0.3) is 0 Å². The second kappa shape index (κ2) is 9.55. The highest BCUT2D eigenvalue weighted by Gasteiger charge is 2.37. The third-order valence-corrected chi connectivity index (χ3v) is 5.62. The van der Waals surface area contributed by atoms with Crippen LogP contribution in [0.5, 0.6) is 5.75 Å². The fourth-order valence-corrected chi connectivity index (χ4v) is 4.17. The number of carbonyl (C=O) groups is 1. The molecule has 154 valence electrons. The predicted molar refractivity (Wildman–Crippen MR) is 115 cm³/mol. The summed E-state index contributed by atoms with van der Waals surface area (Å²) in [5.74, 6) is 0.0273. The van der Waals surface area contributed by atoms with Crippen LogP contribution < -0.4 is 4.74 Å². The summed E-state index contributed by atoms with van der Waals surface area (Å²) < 4.78 is 6.20. The standard InChI is InChI=1S/C25H26N2O3/c28-25(29)22-13-8-16-27(22)23(17-20-11-6-7-15-26-20)21-12-4-5-14-24(21)30-18-19-9-2-1-3-10-19/h1-7,9-12,14-15,22-23H,8,13,16-18H2,(H,28,29). The number of benzene rings is 2. The van der Waals surface area contributed by atoms with E-state index in [0.29, 0.717) is 19.4 Å². The zero-order valence-electron chi connectivity index (χ0n) is 16.9. The lowest BCUT2D eigenvalue weighted by Crippen LogP contribution is -2.39. The normalized spacial score (nSPS) is 17.5. The number of pyridine rings is 1. The molecule has 1 N–H and O–H groups in total. The molecule has 1 aliphatic rings. The number of carboxylic acid groups (broad SMARTS) is 1. The van der Waals surface area contributed by atoms with Gasteiger partial charge >= 0.3 is 5.97 Å². The Morgan fingerprint density at radius 1 is 1.07 bits per heavy atom. The van der Waals surface area contributed by atoms with E-state index in [-0.39, 0.29) is 6.04 Å². The van der Waals surface area contributed by atoms with Gasteiger partial charge in [0.25, 0.3) is 0 Å². The number of aromatic nitrogens is 1. The quantitative estimate of drug-likeness (QED) is 0.601. The molecule has 2 aromatic carbocycles. The maximum Gasteiger partial charge on any atom is 0.320 e. The Bertz CT molecular complexity index is 962. The molecule has 0 radical (unpaired) electrons. The lowest BCUT2D eigenvalue weighted by Gasteiger charge is -2.32. The van der Waals surface area contributed by atoms with Crippen molar-refractivity contribution in [1.29, 1.82) is 0 Å². The third kappa shape index (κ3) is 4.69. The minimum absolute atomic E-state index is 0.115. The van der Waals surface area contributed by atoms with E-state index >= 15 is 0 Å². The van der Waals surface area contributed by atoms with E-state index in [4.69, 9.17) is 4.74 Å². The fourth-order valence-electron chi connectivity index (χ4n) is 4.17. The van der Waals surface area contributed by atoms with Crippen molar-refractivity contribution in [3.8, 4) is 5.75 Å². The van der Waals surface area contributed by atoms with Crippen LogP contribution in [0.2, 0.25) is 0 Å². The number of carboxylic acids is 1. The Balaban J connectivity index is 1.65. The van der Waals surface area contributed by atoms with Crippen molar-refractivity contribution in [2.75, 3.05) is 6.54 Å². The molecule has 1 aliphatic heterocycles. The molecule has 5 nitrogen and oxygen atoms in total. The molecule has 3 aromatic rings. The van der Waals surface area contributed by atoms with Gasteiger partial charge in [0.05, 0.1) is 0 Å². The molecule has 0 spiro atoms. The average Bonchev–Trinajstić information content (AvgIpc) is 3.28. The van der Waals surface area contributed by atoms with Crippen LogP contribution >= 0.6 is 0 Å². The Kier molecular flexibility index (Phi) is 6.40. The van der Waals surface area contributed by atoms with Crippen molar-refractivity contribution in [3.63, 3.8) is 0 Å². The van der Waals surface area contributed by atoms with Crippen molar-refractivity contribution < 1.29 is 14.6 Å². The van der Waals surface area contributed by atoms with Gasteiger partial charge in [-0.15, -0.1) is 0 Å². The first kappa shape index (κ1) is 20.1. The van der Waals surface area contributed by atoms with Crippen LogP contribution in [0, 0.1) is 0 Å². The highest BCUT2D eigenvalue weighted by Crippen LogP contribution is 2.36. The molecule has 2 atom stereocenters. The molecule has 0 aliphatic carbocycles. The van der Waals surface area contributed by atoms with Gasteiger partial charge in [0.2, 0.25) is 0 Å². The van der Waals surface area contributed by atoms with Crippen LogP contribution in [-0.2, 0) is 17.8 Å². The Labute approximate surface area is 177 Å². The first-order valence-electron chi connectivity index (χ1n) is 10.4. The fraction of sp³-hybridized carbons (Fsp3) is 0.280. The van der Waals surface area contributed by atoms with Gasteiger partial charge in [-0.3, -0.25) is 14.7 Å². The van der Waals surface area contributed by atoms with Crippen molar-refractivity contribution in [2.45, 2.75) is 38.0 Å². The molecule has 2 unspecified atom stereocenters. The second-order valence-corrected chi connectivity index (χ2v) is 7.59. The predicted octanol–water partition coefficient (Wildman–Crippen LogP) is 4.49. The molecule has 2 heterocycles. The summed E-state index contributed by atoms with van der Waals surface area (Å²) in [5, 5.41) is 9.78. The first-order valence-corrected chi connectivity index (χ1v) is 10.4. The topological polar surface area (TPSA) is 62.7 Å². The molecule has 5 heteroatoms. The van der Waals surface area contributed by atoms with Gasteiger partial charge in [0.1, 0.15) is 18.4 Å². The van der Waals surface area contributed by atoms with E-state index in [1.165, 1.54) is 0 Å². The summed E-state index contributed by atoms with van der Waals surface area (Å²) in [6.07, 6.45) is 3.96. The van der Waals surface area contributed by atoms with Gasteiger partial charge in [-0.25, -0.2) is 0 Å². The number of para-hydroxylation sites is 1. The first-order chi connectivity index (χ1) is 14.7. The molecular formula is C25H26N2O3. The van der Waals surface area contributed by atoms with Crippen molar-refractivity contribution in [1.82, 2.24) is 9.88 Å². The van der Waals surface area contributed by atoms with Crippen LogP contribution in [-0.4, -0.2) is 33.5 Å². The smallest absolute Gasteiger partial charge is 0.320 e. The van der Waals surface area contributed by atoms with Gasteiger partial charge < -0.3 is 9.84 Å². The highest BCUT2D eigenvalue weighted by atomic mass is 16.5. The number of ether oxygens (including phenoxy) is 1. The van der Waals surface area contributed by atoms with Gasteiger partial charge in [0, 0.05) is 29.9 Å². The van der Waals surface area contributed by atoms with E-state index in [1.54, 1.807) is 6.20 Å². The number of hydrogen-bond acceptors (Lipinski definition) is 4. The largest absolute Gasteiger partial charge is 0.489 e. The second-order valence-electron chi connectivity index (χ2n) is 7.59. The monoisotopic (exact) mass is 402 g/mol. The lowest BCUT2D eigenvalue weighted by atomic mass is 9.98.